The van der Waals surface area contributed by atoms with Gasteiger partial charge in [0.25, 0.3) is 5.91 Å². The molecule has 0 saturated carbocycles. The van der Waals surface area contributed by atoms with Crippen molar-refractivity contribution in [1.82, 2.24) is 4.98 Å². The van der Waals surface area contributed by atoms with Crippen LogP contribution in [0.1, 0.15) is 37.4 Å². The van der Waals surface area contributed by atoms with Gasteiger partial charge in [-0.1, -0.05) is 62.4 Å². The number of carbonyl (C=O) groups excluding carboxylic acids is 2. The molecule has 0 saturated heterocycles. The highest BCUT2D eigenvalue weighted by Crippen LogP contribution is 2.42. The number of amides is 1. The summed E-state index contributed by atoms with van der Waals surface area (Å²) in [7, 11) is 0. The van der Waals surface area contributed by atoms with E-state index in [-0.39, 0.29) is 5.57 Å². The molecule has 0 spiro atoms. The molecule has 34 heavy (non-hydrogen) atoms. The van der Waals surface area contributed by atoms with E-state index in [9.17, 15) is 14.7 Å². The van der Waals surface area contributed by atoms with Gasteiger partial charge >= 0.3 is 0 Å². The van der Waals surface area contributed by atoms with E-state index in [1.54, 1.807) is 17.7 Å². The van der Waals surface area contributed by atoms with E-state index in [2.05, 4.69) is 18.8 Å². The van der Waals surface area contributed by atoms with Crippen LogP contribution >= 0.6 is 11.3 Å². The maximum atomic E-state index is 13.3. The van der Waals surface area contributed by atoms with Gasteiger partial charge in [0.1, 0.15) is 5.75 Å². The molecule has 1 aliphatic heterocycles. The monoisotopic (exact) mass is 474 g/mol. The number of nitrogens with zero attached hydrogens (tertiary/aromatic N) is 2. The summed E-state index contributed by atoms with van der Waals surface area (Å²) < 4.78 is 5.90. The summed E-state index contributed by atoms with van der Waals surface area (Å²) in [6.45, 7) is 4.82. The predicted octanol–water partition coefficient (Wildman–Crippen LogP) is 5.75. The number of hydrogen-bond donors (Lipinski definition) is 1. The molecule has 1 unspecified atom stereocenters. The Balaban J connectivity index is 1.70. The summed E-state index contributed by atoms with van der Waals surface area (Å²) in [4.78, 5) is 32.0. The third kappa shape index (κ3) is 5.10. The zero-order valence-corrected chi connectivity index (χ0v) is 19.9. The Morgan fingerprint density at radius 1 is 1.21 bits per heavy atom. The van der Waals surface area contributed by atoms with Crippen molar-refractivity contribution in [3.05, 3.63) is 94.7 Å². The summed E-state index contributed by atoms with van der Waals surface area (Å²) in [5.41, 5.74) is 1.52. The molecule has 1 N–H and O–H groups in total. The van der Waals surface area contributed by atoms with Crippen molar-refractivity contribution in [3.63, 3.8) is 0 Å². The van der Waals surface area contributed by atoms with Gasteiger partial charge in [-0.25, -0.2) is 4.98 Å². The van der Waals surface area contributed by atoms with Crippen LogP contribution in [0, 0.1) is 5.92 Å². The second-order valence-corrected chi connectivity index (χ2v) is 9.24. The summed E-state index contributed by atoms with van der Waals surface area (Å²) in [5, 5.41) is 12.9. The highest BCUT2D eigenvalue weighted by Gasteiger charge is 2.45. The van der Waals surface area contributed by atoms with Crippen molar-refractivity contribution in [2.24, 2.45) is 5.92 Å². The highest BCUT2D eigenvalue weighted by molar-refractivity contribution is 7.13. The van der Waals surface area contributed by atoms with E-state index in [4.69, 9.17) is 4.74 Å². The molecule has 1 aliphatic rings. The summed E-state index contributed by atoms with van der Waals surface area (Å²) in [5.74, 6) is -0.499. The highest BCUT2D eigenvalue weighted by atomic mass is 32.1. The fourth-order valence-corrected chi connectivity index (χ4v) is 4.38. The number of benzene rings is 2. The fourth-order valence-electron chi connectivity index (χ4n) is 3.72. The minimum Gasteiger partial charge on any atom is -0.503 e. The lowest BCUT2D eigenvalue weighted by Gasteiger charge is -2.24. The van der Waals surface area contributed by atoms with Gasteiger partial charge in [-0.2, -0.15) is 0 Å². The lowest BCUT2D eigenvalue weighted by Crippen LogP contribution is -2.30. The molecule has 6 nitrogen and oxygen atoms in total. The van der Waals surface area contributed by atoms with E-state index in [0.717, 1.165) is 12.0 Å². The molecule has 4 rings (SSSR count). The molecule has 3 aromatic rings. The average molecular weight is 475 g/mol. The van der Waals surface area contributed by atoms with Gasteiger partial charge in [-0.05, 0) is 41.7 Å². The first-order valence-corrected chi connectivity index (χ1v) is 12.0. The smallest absolute Gasteiger partial charge is 0.296 e. The van der Waals surface area contributed by atoms with Crippen molar-refractivity contribution in [3.8, 4) is 5.75 Å². The molecule has 0 radical (unpaired) electrons. The largest absolute Gasteiger partial charge is 0.503 e. The Kier molecular flexibility index (Phi) is 7.23. The molecule has 7 heteroatoms. The van der Waals surface area contributed by atoms with Crippen LogP contribution in [0.25, 0.3) is 6.08 Å². The van der Waals surface area contributed by atoms with Gasteiger partial charge in [-0.15, -0.1) is 11.3 Å². The van der Waals surface area contributed by atoms with Crippen molar-refractivity contribution < 1.29 is 19.4 Å². The molecule has 1 atom stereocenters. The van der Waals surface area contributed by atoms with Gasteiger partial charge in [-0.3, -0.25) is 14.5 Å². The van der Waals surface area contributed by atoms with E-state index in [1.807, 2.05) is 54.6 Å². The van der Waals surface area contributed by atoms with Crippen molar-refractivity contribution >= 4 is 34.2 Å². The van der Waals surface area contributed by atoms with Gasteiger partial charge in [0, 0.05) is 11.6 Å². The fraction of sp³-hybridized carbons (Fsp3) is 0.222. The van der Waals surface area contributed by atoms with Crippen molar-refractivity contribution in [2.45, 2.75) is 26.3 Å². The quantitative estimate of drug-likeness (QED) is 0.400. The van der Waals surface area contributed by atoms with Gasteiger partial charge < -0.3 is 9.84 Å². The van der Waals surface area contributed by atoms with Crippen LogP contribution in [0.2, 0.25) is 0 Å². The van der Waals surface area contributed by atoms with Crippen LogP contribution in [0.4, 0.5) is 5.13 Å². The second kappa shape index (κ2) is 10.5. The molecule has 2 aromatic carbocycles. The van der Waals surface area contributed by atoms with Gasteiger partial charge in [0.15, 0.2) is 16.7 Å². The van der Waals surface area contributed by atoms with E-state index >= 15 is 0 Å². The zero-order valence-electron chi connectivity index (χ0n) is 19.0. The van der Waals surface area contributed by atoms with Crippen molar-refractivity contribution in [2.75, 3.05) is 11.5 Å². The number of anilines is 1. The lowest BCUT2D eigenvalue weighted by atomic mass is 9.95. The van der Waals surface area contributed by atoms with Crippen LogP contribution in [-0.2, 0) is 9.59 Å². The predicted molar refractivity (Wildman–Crippen MR) is 134 cm³/mol. The Morgan fingerprint density at radius 3 is 2.71 bits per heavy atom. The van der Waals surface area contributed by atoms with Gasteiger partial charge in [0.05, 0.1) is 18.2 Å². The number of aliphatic hydroxyl groups excluding tert-OH is 1. The first-order valence-electron chi connectivity index (χ1n) is 11.1. The van der Waals surface area contributed by atoms with Crippen LogP contribution < -0.4 is 9.64 Å². The molecular formula is C27H26N2O4S. The standard InChI is InChI=1S/C27H26N2O4S/c1-18(2)13-15-33-21-10-6-9-20(17-21)24-23(22(30)12-11-19-7-4-3-5-8-19)25(31)26(32)29(24)27-28-14-16-34-27/h3-12,14,16-18,24,31H,13,15H2,1-2H3. The molecule has 0 aliphatic carbocycles. The summed E-state index contributed by atoms with van der Waals surface area (Å²) in [6.07, 6.45) is 5.55. The van der Waals surface area contributed by atoms with Crippen molar-refractivity contribution in [1.29, 1.82) is 0 Å². The maximum absolute atomic E-state index is 13.3. The third-order valence-electron chi connectivity index (χ3n) is 5.46. The minimum atomic E-state index is -0.819. The normalized spacial score (nSPS) is 16.1. The number of hydrogen-bond acceptors (Lipinski definition) is 6. The molecule has 0 fully saturated rings. The molecule has 1 aromatic heterocycles. The average Bonchev–Trinajstić information content (AvgIpc) is 3.45. The Bertz CT molecular complexity index is 1220. The van der Waals surface area contributed by atoms with E-state index < -0.39 is 23.5 Å². The molecule has 2 heterocycles. The van der Waals surface area contributed by atoms with Gasteiger partial charge in [0.2, 0.25) is 0 Å². The second-order valence-electron chi connectivity index (χ2n) is 8.37. The number of carbonyl (C=O) groups is 2. The Hall–Kier alpha value is -3.71. The topological polar surface area (TPSA) is 79.7 Å². The summed E-state index contributed by atoms with van der Waals surface area (Å²) >= 11 is 1.27. The zero-order chi connectivity index (χ0) is 24.1. The van der Waals surface area contributed by atoms with Crippen LogP contribution in [-0.4, -0.2) is 28.4 Å². The molecular weight excluding hydrogens is 448 g/mol. The number of aromatic nitrogens is 1. The SMILES string of the molecule is CC(C)CCOc1cccc(C2C(C(=O)C=Cc3ccccc3)=C(O)C(=O)N2c2nccs2)c1. The summed E-state index contributed by atoms with van der Waals surface area (Å²) in [6, 6.07) is 15.9. The number of ketones is 1. The maximum Gasteiger partial charge on any atom is 0.296 e. The van der Waals surface area contributed by atoms with E-state index in [0.29, 0.717) is 29.0 Å². The lowest BCUT2D eigenvalue weighted by molar-refractivity contribution is -0.117. The number of allylic oxidation sites excluding steroid dienone is 1. The number of aliphatic hydroxyl groups is 1. The third-order valence-corrected chi connectivity index (χ3v) is 6.23. The van der Waals surface area contributed by atoms with Crippen LogP contribution in [0.3, 0.4) is 0 Å². The Labute approximate surface area is 202 Å². The first-order chi connectivity index (χ1) is 16.5. The Morgan fingerprint density at radius 2 is 2.00 bits per heavy atom. The molecule has 0 bridgehead atoms. The van der Waals surface area contributed by atoms with Crippen LogP contribution in [0.15, 0.2) is 83.6 Å². The molecule has 1 amide bonds. The molecule has 174 valence electrons. The first kappa shape index (κ1) is 23.4. The number of ether oxygens (including phenoxy) is 1. The minimum absolute atomic E-state index is 0.0201. The number of rotatable bonds is 9. The number of thiazole rings is 1. The van der Waals surface area contributed by atoms with E-state index in [1.165, 1.54) is 22.3 Å². The van der Waals surface area contributed by atoms with Crippen LogP contribution in [0.5, 0.6) is 5.75 Å².